The number of nitro benzene ring substituents is 1. The Morgan fingerprint density at radius 1 is 1.30 bits per heavy atom. The van der Waals surface area contributed by atoms with E-state index in [9.17, 15) is 15.2 Å². The number of aromatic hydroxyl groups is 1. The molecule has 2 aromatic carbocycles. The van der Waals surface area contributed by atoms with E-state index in [0.717, 1.165) is 5.56 Å². The van der Waals surface area contributed by atoms with Gasteiger partial charge in [0, 0.05) is 17.6 Å². The standard InChI is InChI=1S/C13H10BrClN2O3/c14-10-5-8(1-4-13(10)18)7-16-11-6-9(15)2-3-12(11)17(19)20/h1-6,16,18H,7H2. The summed E-state index contributed by atoms with van der Waals surface area (Å²) < 4.78 is 0.567. The van der Waals surface area contributed by atoms with E-state index in [1.54, 1.807) is 18.2 Å². The van der Waals surface area contributed by atoms with E-state index in [1.165, 1.54) is 18.2 Å². The Kier molecular flexibility index (Phi) is 4.46. The minimum Gasteiger partial charge on any atom is -0.507 e. The average molecular weight is 358 g/mol. The van der Waals surface area contributed by atoms with Gasteiger partial charge in [0.05, 0.1) is 9.40 Å². The zero-order chi connectivity index (χ0) is 14.7. The van der Waals surface area contributed by atoms with E-state index < -0.39 is 4.92 Å². The monoisotopic (exact) mass is 356 g/mol. The molecule has 104 valence electrons. The molecule has 2 N–H and O–H groups in total. The number of halogens is 2. The Bertz CT molecular complexity index is 664. The van der Waals surface area contributed by atoms with Gasteiger partial charge in [-0.1, -0.05) is 17.7 Å². The summed E-state index contributed by atoms with van der Waals surface area (Å²) in [4.78, 5) is 10.5. The lowest BCUT2D eigenvalue weighted by Gasteiger charge is -2.08. The van der Waals surface area contributed by atoms with E-state index in [2.05, 4.69) is 21.2 Å². The molecule has 0 spiro atoms. The van der Waals surface area contributed by atoms with Crippen molar-refractivity contribution in [3.05, 3.63) is 61.6 Å². The molecule has 0 aliphatic heterocycles. The number of nitrogens with zero attached hydrogens (tertiary/aromatic N) is 1. The molecule has 0 radical (unpaired) electrons. The fourth-order valence-electron chi connectivity index (χ4n) is 1.67. The van der Waals surface area contributed by atoms with E-state index in [4.69, 9.17) is 11.6 Å². The highest BCUT2D eigenvalue weighted by Gasteiger charge is 2.13. The zero-order valence-corrected chi connectivity index (χ0v) is 12.5. The fourth-order valence-corrected chi connectivity index (χ4v) is 2.27. The van der Waals surface area contributed by atoms with Crippen LogP contribution in [0.4, 0.5) is 11.4 Å². The number of anilines is 1. The lowest BCUT2D eigenvalue weighted by molar-refractivity contribution is -0.384. The van der Waals surface area contributed by atoms with Crippen LogP contribution in [0.25, 0.3) is 0 Å². The van der Waals surface area contributed by atoms with Gasteiger partial charge in [-0.3, -0.25) is 10.1 Å². The molecule has 0 aliphatic rings. The minimum absolute atomic E-state index is 0.0350. The fraction of sp³-hybridized carbons (Fsp3) is 0.0769. The predicted molar refractivity (Wildman–Crippen MR) is 81.2 cm³/mol. The van der Waals surface area contributed by atoms with E-state index in [-0.39, 0.29) is 11.4 Å². The topological polar surface area (TPSA) is 75.4 Å². The van der Waals surface area contributed by atoms with Crippen LogP contribution in [0.2, 0.25) is 5.02 Å². The van der Waals surface area contributed by atoms with E-state index in [1.807, 2.05) is 0 Å². The quantitative estimate of drug-likeness (QED) is 0.631. The van der Waals surface area contributed by atoms with Crippen molar-refractivity contribution in [2.45, 2.75) is 6.54 Å². The number of benzene rings is 2. The van der Waals surface area contributed by atoms with Crippen molar-refractivity contribution in [2.75, 3.05) is 5.32 Å². The number of phenols is 1. The number of nitrogens with one attached hydrogen (secondary N) is 1. The molecular weight excluding hydrogens is 348 g/mol. The molecular formula is C13H10BrClN2O3. The maximum absolute atomic E-state index is 10.9. The second-order valence-corrected chi connectivity index (χ2v) is 5.35. The number of rotatable bonds is 4. The molecule has 0 saturated heterocycles. The number of hydrogen-bond acceptors (Lipinski definition) is 4. The van der Waals surface area contributed by atoms with Crippen molar-refractivity contribution in [1.82, 2.24) is 0 Å². The highest BCUT2D eigenvalue weighted by Crippen LogP contribution is 2.29. The van der Waals surface area contributed by atoms with Crippen LogP contribution in [0.5, 0.6) is 5.75 Å². The first-order chi connectivity index (χ1) is 9.47. The van der Waals surface area contributed by atoms with Gasteiger partial charge in [0.25, 0.3) is 5.69 Å². The largest absolute Gasteiger partial charge is 0.507 e. The number of nitro groups is 1. The summed E-state index contributed by atoms with van der Waals surface area (Å²) in [6, 6.07) is 9.35. The molecule has 0 unspecified atom stereocenters. The number of phenolic OH excluding ortho intramolecular Hbond substituents is 1. The average Bonchev–Trinajstić information content (AvgIpc) is 2.40. The van der Waals surface area contributed by atoms with Crippen molar-refractivity contribution in [3.63, 3.8) is 0 Å². The Labute approximate surface area is 128 Å². The molecule has 7 heteroatoms. The first-order valence-corrected chi connectivity index (χ1v) is 6.79. The third-order valence-corrected chi connectivity index (χ3v) is 3.52. The van der Waals surface area contributed by atoms with Gasteiger partial charge in [-0.25, -0.2) is 0 Å². The minimum atomic E-state index is -0.467. The Morgan fingerprint density at radius 2 is 2.05 bits per heavy atom. The molecule has 2 aromatic rings. The molecule has 2 rings (SSSR count). The van der Waals surface area contributed by atoms with Gasteiger partial charge < -0.3 is 10.4 Å². The van der Waals surface area contributed by atoms with Gasteiger partial charge in [-0.15, -0.1) is 0 Å². The smallest absolute Gasteiger partial charge is 0.292 e. The predicted octanol–water partition coefficient (Wildman–Crippen LogP) is 4.33. The molecule has 0 aromatic heterocycles. The van der Waals surface area contributed by atoms with Crippen LogP contribution >= 0.6 is 27.5 Å². The molecule has 0 heterocycles. The van der Waals surface area contributed by atoms with Gasteiger partial charge in [0.1, 0.15) is 11.4 Å². The van der Waals surface area contributed by atoms with Crippen molar-refractivity contribution >= 4 is 38.9 Å². The summed E-state index contributed by atoms with van der Waals surface area (Å²) in [5, 5.41) is 23.7. The van der Waals surface area contributed by atoms with Crippen LogP contribution in [0.1, 0.15) is 5.56 Å². The third kappa shape index (κ3) is 3.40. The van der Waals surface area contributed by atoms with E-state index >= 15 is 0 Å². The summed E-state index contributed by atoms with van der Waals surface area (Å²) in [5.41, 5.74) is 1.18. The Morgan fingerprint density at radius 3 is 2.70 bits per heavy atom. The molecule has 0 saturated carbocycles. The number of hydrogen-bond donors (Lipinski definition) is 2. The molecule has 20 heavy (non-hydrogen) atoms. The Hall–Kier alpha value is -1.79. The molecule has 5 nitrogen and oxygen atoms in total. The van der Waals surface area contributed by atoms with Gasteiger partial charge in [-0.2, -0.15) is 0 Å². The van der Waals surface area contributed by atoms with Gasteiger partial charge in [-0.05, 0) is 45.8 Å². The van der Waals surface area contributed by atoms with E-state index in [0.29, 0.717) is 21.7 Å². The van der Waals surface area contributed by atoms with Crippen LogP contribution in [0.3, 0.4) is 0 Å². The van der Waals surface area contributed by atoms with Gasteiger partial charge in [0.15, 0.2) is 0 Å². The summed E-state index contributed by atoms with van der Waals surface area (Å²) in [7, 11) is 0. The second-order valence-electron chi connectivity index (χ2n) is 4.06. The first-order valence-electron chi connectivity index (χ1n) is 5.62. The first kappa shape index (κ1) is 14.6. The van der Waals surface area contributed by atoms with Crippen LogP contribution in [0, 0.1) is 10.1 Å². The molecule has 0 atom stereocenters. The SMILES string of the molecule is O=[N+]([O-])c1ccc(Cl)cc1NCc1ccc(O)c(Br)c1. The van der Waals surface area contributed by atoms with Crippen molar-refractivity contribution in [2.24, 2.45) is 0 Å². The summed E-state index contributed by atoms with van der Waals surface area (Å²) in [6.45, 7) is 0.375. The third-order valence-electron chi connectivity index (χ3n) is 2.65. The maximum Gasteiger partial charge on any atom is 0.292 e. The highest BCUT2D eigenvalue weighted by atomic mass is 79.9. The van der Waals surface area contributed by atoms with Crippen LogP contribution < -0.4 is 5.32 Å². The van der Waals surface area contributed by atoms with Crippen LogP contribution in [-0.2, 0) is 6.54 Å². The molecule has 0 aliphatic carbocycles. The lowest BCUT2D eigenvalue weighted by atomic mass is 10.2. The van der Waals surface area contributed by atoms with Crippen molar-refractivity contribution < 1.29 is 10.0 Å². The molecule has 0 fully saturated rings. The molecule has 0 amide bonds. The normalized spacial score (nSPS) is 10.3. The highest BCUT2D eigenvalue weighted by molar-refractivity contribution is 9.10. The van der Waals surface area contributed by atoms with Gasteiger partial charge in [0.2, 0.25) is 0 Å². The van der Waals surface area contributed by atoms with Crippen molar-refractivity contribution in [3.8, 4) is 5.75 Å². The lowest BCUT2D eigenvalue weighted by Crippen LogP contribution is -2.02. The molecule has 0 bridgehead atoms. The van der Waals surface area contributed by atoms with Gasteiger partial charge >= 0.3 is 0 Å². The van der Waals surface area contributed by atoms with Crippen molar-refractivity contribution in [1.29, 1.82) is 0 Å². The Balaban J connectivity index is 2.20. The zero-order valence-electron chi connectivity index (χ0n) is 10.1. The summed E-state index contributed by atoms with van der Waals surface area (Å²) in [6.07, 6.45) is 0. The van der Waals surface area contributed by atoms with Crippen LogP contribution in [0.15, 0.2) is 40.9 Å². The summed E-state index contributed by atoms with van der Waals surface area (Å²) >= 11 is 9.06. The summed E-state index contributed by atoms with van der Waals surface area (Å²) in [5.74, 6) is 0.141. The second kappa shape index (κ2) is 6.11. The maximum atomic E-state index is 10.9. The van der Waals surface area contributed by atoms with Crippen LogP contribution in [-0.4, -0.2) is 10.0 Å².